The smallest absolute Gasteiger partial charge is 0.251 e. The fraction of sp³-hybridized carbons (Fsp3) is 0.316. The Labute approximate surface area is 139 Å². The van der Waals surface area contributed by atoms with Crippen molar-refractivity contribution >= 4 is 18.1 Å². The van der Waals surface area contributed by atoms with Crippen molar-refractivity contribution in [3.63, 3.8) is 0 Å². The molecule has 0 saturated carbocycles. The lowest BCUT2D eigenvalue weighted by Gasteiger charge is -2.29. The van der Waals surface area contributed by atoms with Crippen molar-refractivity contribution in [2.45, 2.75) is 40.2 Å². The molecule has 1 aliphatic carbocycles. The van der Waals surface area contributed by atoms with Crippen molar-refractivity contribution in [2.24, 2.45) is 0 Å². The second-order valence-corrected chi connectivity index (χ2v) is 7.23. The van der Waals surface area contributed by atoms with Crippen LogP contribution < -0.4 is 16.1 Å². The van der Waals surface area contributed by atoms with Gasteiger partial charge in [0.15, 0.2) is 0 Å². The SMILES string of the molecule is C=c1cc(C)c2c(n1)C(=O)c1c(c(C)cc(=O)n1C(C)(C)C)C=2O. The summed E-state index contributed by atoms with van der Waals surface area (Å²) in [6, 6.07) is 3.18. The zero-order valence-electron chi connectivity index (χ0n) is 14.5. The fourth-order valence-corrected chi connectivity index (χ4v) is 3.35. The van der Waals surface area contributed by atoms with Gasteiger partial charge in [-0.2, -0.15) is 0 Å². The van der Waals surface area contributed by atoms with Crippen LogP contribution in [0.4, 0.5) is 0 Å². The quantitative estimate of drug-likeness (QED) is 0.792. The van der Waals surface area contributed by atoms with E-state index >= 15 is 0 Å². The van der Waals surface area contributed by atoms with Crippen LogP contribution >= 0.6 is 0 Å². The molecule has 2 aromatic rings. The molecular formula is C19H20N2O3. The second kappa shape index (κ2) is 4.90. The molecule has 1 N–H and O–H groups in total. The molecular weight excluding hydrogens is 304 g/mol. The van der Waals surface area contributed by atoms with E-state index in [4.69, 9.17) is 0 Å². The first-order valence-electron chi connectivity index (χ1n) is 7.76. The number of fused-ring (bicyclic) bond motifs is 2. The van der Waals surface area contributed by atoms with Crippen LogP contribution in [0.15, 0.2) is 16.9 Å². The van der Waals surface area contributed by atoms with Gasteiger partial charge >= 0.3 is 0 Å². The largest absolute Gasteiger partial charge is 0.507 e. The predicted octanol–water partition coefficient (Wildman–Crippen LogP) is 1.28. The van der Waals surface area contributed by atoms with Crippen LogP contribution in [0.3, 0.4) is 0 Å². The average Bonchev–Trinajstić information content (AvgIpc) is 2.41. The lowest BCUT2D eigenvalue weighted by molar-refractivity contribution is 0.101. The highest BCUT2D eigenvalue weighted by atomic mass is 16.3. The molecule has 0 atom stereocenters. The molecule has 2 heterocycles. The molecule has 2 aromatic heterocycles. The number of nitrogens with zero attached hydrogens (tertiary/aromatic N) is 2. The zero-order chi connectivity index (χ0) is 18.0. The predicted molar refractivity (Wildman–Crippen MR) is 92.8 cm³/mol. The summed E-state index contributed by atoms with van der Waals surface area (Å²) in [6.45, 7) is 12.9. The molecule has 1 aliphatic rings. The number of aryl methyl sites for hydroxylation is 2. The monoisotopic (exact) mass is 324 g/mol. The Bertz CT molecular complexity index is 1070. The van der Waals surface area contributed by atoms with Gasteiger partial charge in [-0.05, 0) is 51.8 Å². The van der Waals surface area contributed by atoms with E-state index in [0.717, 1.165) is 5.56 Å². The van der Waals surface area contributed by atoms with Gasteiger partial charge in [-0.3, -0.25) is 14.2 Å². The van der Waals surface area contributed by atoms with Crippen LogP contribution in [0.5, 0.6) is 0 Å². The highest BCUT2D eigenvalue weighted by Gasteiger charge is 2.34. The number of aliphatic hydroxyl groups is 1. The minimum Gasteiger partial charge on any atom is -0.507 e. The third kappa shape index (κ3) is 2.12. The van der Waals surface area contributed by atoms with Gasteiger partial charge < -0.3 is 5.11 Å². The molecule has 0 radical (unpaired) electrons. The summed E-state index contributed by atoms with van der Waals surface area (Å²) < 4.78 is 1.43. The highest BCUT2D eigenvalue weighted by molar-refractivity contribution is 6.12. The Kier molecular flexibility index (Phi) is 3.30. The zero-order valence-corrected chi connectivity index (χ0v) is 14.5. The summed E-state index contributed by atoms with van der Waals surface area (Å²) in [5, 5.41) is 11.7. The van der Waals surface area contributed by atoms with Crippen LogP contribution in [0.2, 0.25) is 0 Å². The molecule has 124 valence electrons. The molecule has 0 bridgehead atoms. The van der Waals surface area contributed by atoms with Crippen molar-refractivity contribution in [2.75, 3.05) is 0 Å². The minimum atomic E-state index is -0.612. The third-order valence-electron chi connectivity index (χ3n) is 4.26. The normalized spacial score (nSPS) is 13.7. The number of hydrogen-bond acceptors (Lipinski definition) is 4. The van der Waals surface area contributed by atoms with E-state index < -0.39 is 5.54 Å². The summed E-state index contributed by atoms with van der Waals surface area (Å²) in [4.78, 5) is 29.9. The number of pyridine rings is 2. The Morgan fingerprint density at radius 3 is 2.33 bits per heavy atom. The standard InChI is InChI=1S/C19H20N2O3/c1-9-7-11(3)20-15-13(9)17(23)14-10(2)8-12(22)21(19(4,5)6)16(14)18(15)24/h7-8,23H,3H2,1-2,4-6H3. The van der Waals surface area contributed by atoms with Gasteiger partial charge in [0.2, 0.25) is 5.78 Å². The Morgan fingerprint density at radius 1 is 1.12 bits per heavy atom. The van der Waals surface area contributed by atoms with E-state index in [1.165, 1.54) is 10.6 Å². The molecule has 3 rings (SSSR count). The van der Waals surface area contributed by atoms with E-state index in [9.17, 15) is 14.7 Å². The van der Waals surface area contributed by atoms with Gasteiger partial charge in [0.25, 0.3) is 5.56 Å². The van der Waals surface area contributed by atoms with Crippen LogP contribution in [0, 0.1) is 13.8 Å². The number of rotatable bonds is 0. The van der Waals surface area contributed by atoms with E-state index in [1.807, 2.05) is 20.8 Å². The molecule has 5 heteroatoms. The first-order chi connectivity index (χ1) is 11.0. The number of carbonyl (C=O) groups is 1. The molecule has 24 heavy (non-hydrogen) atoms. The van der Waals surface area contributed by atoms with Crippen molar-refractivity contribution in [3.05, 3.63) is 61.1 Å². The molecule has 0 spiro atoms. The van der Waals surface area contributed by atoms with Crippen LogP contribution in [0.1, 0.15) is 53.6 Å². The van der Waals surface area contributed by atoms with Crippen molar-refractivity contribution in [1.29, 1.82) is 0 Å². The molecule has 0 aromatic carbocycles. The maximum Gasteiger partial charge on any atom is 0.251 e. The number of ketones is 1. The Balaban J connectivity index is 2.63. The maximum absolute atomic E-state index is 13.2. The maximum atomic E-state index is 13.2. The highest BCUT2D eigenvalue weighted by Crippen LogP contribution is 2.27. The summed E-state index contributed by atoms with van der Waals surface area (Å²) >= 11 is 0. The van der Waals surface area contributed by atoms with Crippen LogP contribution in [0.25, 0.3) is 12.3 Å². The average molecular weight is 324 g/mol. The van der Waals surface area contributed by atoms with Crippen molar-refractivity contribution in [1.82, 2.24) is 9.55 Å². The number of aliphatic hydroxyl groups excluding tert-OH is 1. The van der Waals surface area contributed by atoms with Crippen LogP contribution in [-0.2, 0) is 5.54 Å². The van der Waals surface area contributed by atoms with Gasteiger partial charge in [-0.1, -0.05) is 6.58 Å². The Morgan fingerprint density at radius 2 is 1.75 bits per heavy atom. The van der Waals surface area contributed by atoms with Crippen LogP contribution in [-0.4, -0.2) is 20.4 Å². The third-order valence-corrected chi connectivity index (χ3v) is 4.26. The van der Waals surface area contributed by atoms with Crippen molar-refractivity contribution in [3.8, 4) is 0 Å². The molecule has 0 aliphatic heterocycles. The summed E-state index contributed by atoms with van der Waals surface area (Å²) in [5.74, 6) is -0.373. The lowest BCUT2D eigenvalue weighted by Crippen LogP contribution is -2.43. The second-order valence-electron chi connectivity index (χ2n) is 7.23. The summed E-state index contributed by atoms with van der Waals surface area (Å²) in [5.41, 5.74) is 1.16. The summed E-state index contributed by atoms with van der Waals surface area (Å²) in [6.07, 6.45) is 0. The summed E-state index contributed by atoms with van der Waals surface area (Å²) in [7, 11) is 0. The lowest BCUT2D eigenvalue weighted by atomic mass is 9.90. The molecule has 5 nitrogen and oxygen atoms in total. The van der Waals surface area contributed by atoms with Gasteiger partial charge in [0.1, 0.15) is 17.1 Å². The molecule has 0 saturated heterocycles. The van der Waals surface area contributed by atoms with E-state index in [2.05, 4.69) is 11.6 Å². The van der Waals surface area contributed by atoms with Crippen molar-refractivity contribution < 1.29 is 9.90 Å². The first-order valence-corrected chi connectivity index (χ1v) is 7.76. The van der Waals surface area contributed by atoms with Gasteiger partial charge in [-0.25, -0.2) is 4.98 Å². The minimum absolute atomic E-state index is 0.0138. The van der Waals surface area contributed by atoms with E-state index in [-0.39, 0.29) is 28.5 Å². The number of hydrogen-bond donors (Lipinski definition) is 1. The fourth-order valence-electron chi connectivity index (χ4n) is 3.35. The molecule has 0 fully saturated rings. The molecule has 0 amide bonds. The van der Waals surface area contributed by atoms with Gasteiger partial charge in [-0.15, -0.1) is 0 Å². The topological polar surface area (TPSA) is 72.2 Å². The molecule has 0 unspecified atom stereocenters. The van der Waals surface area contributed by atoms with Gasteiger partial charge in [0.05, 0.1) is 5.35 Å². The van der Waals surface area contributed by atoms with E-state index in [0.29, 0.717) is 21.7 Å². The van der Waals surface area contributed by atoms with Gasteiger partial charge in [0, 0.05) is 22.4 Å². The first kappa shape index (κ1) is 16.2. The Hall–Kier alpha value is -2.69. The number of aromatic nitrogens is 2. The number of carbonyl (C=O) groups excluding carboxylic acids is 1. The van der Waals surface area contributed by atoms with E-state index in [1.54, 1.807) is 19.9 Å².